The van der Waals surface area contributed by atoms with Gasteiger partial charge in [0.1, 0.15) is 5.82 Å². The Balaban J connectivity index is 1.58. The summed E-state index contributed by atoms with van der Waals surface area (Å²) in [7, 11) is -2.15. The van der Waals surface area contributed by atoms with Gasteiger partial charge in [-0.2, -0.15) is 0 Å². The van der Waals surface area contributed by atoms with Crippen molar-refractivity contribution in [3.63, 3.8) is 0 Å². The van der Waals surface area contributed by atoms with Crippen LogP contribution in [0.3, 0.4) is 0 Å². The van der Waals surface area contributed by atoms with Crippen LogP contribution in [0.15, 0.2) is 82.3 Å². The van der Waals surface area contributed by atoms with Gasteiger partial charge in [0.05, 0.1) is 10.4 Å². The maximum Gasteiger partial charge on any atom is 0.252 e. The quantitative estimate of drug-likeness (QED) is 0.400. The lowest BCUT2D eigenvalue weighted by atomic mass is 10.1. The molecule has 1 amide bonds. The van der Waals surface area contributed by atoms with Crippen molar-refractivity contribution in [1.29, 1.82) is 0 Å². The SMILES string of the molecule is CNS(=O)(=O)c1ccc(CNC(=O)c2cc(Br)cc3c2ccn3-c2ccc(F)cc2)cc1. The predicted octanol–water partition coefficient (Wildman–Crippen LogP) is 4.37. The van der Waals surface area contributed by atoms with Crippen LogP contribution in [0, 0.1) is 5.82 Å². The van der Waals surface area contributed by atoms with Crippen molar-refractivity contribution >= 4 is 42.8 Å². The van der Waals surface area contributed by atoms with Crippen LogP contribution < -0.4 is 10.0 Å². The fourth-order valence-electron chi connectivity index (χ4n) is 3.40. The molecule has 3 aromatic carbocycles. The number of carbonyl (C=O) groups excluding carboxylic acids is 1. The molecule has 0 saturated carbocycles. The highest BCUT2D eigenvalue weighted by Crippen LogP contribution is 2.28. The summed E-state index contributed by atoms with van der Waals surface area (Å²) in [6.07, 6.45) is 1.84. The van der Waals surface area contributed by atoms with Crippen molar-refractivity contribution in [3.05, 3.63) is 94.3 Å². The second-order valence-electron chi connectivity index (χ2n) is 7.08. The second-order valence-corrected chi connectivity index (χ2v) is 9.88. The van der Waals surface area contributed by atoms with Gasteiger partial charge in [0.2, 0.25) is 10.0 Å². The lowest BCUT2D eigenvalue weighted by molar-refractivity contribution is 0.0952. The summed E-state index contributed by atoms with van der Waals surface area (Å²) in [5.74, 6) is -0.580. The average Bonchev–Trinajstić information content (AvgIpc) is 3.21. The number of fused-ring (bicyclic) bond motifs is 1. The van der Waals surface area contributed by atoms with E-state index in [1.54, 1.807) is 30.3 Å². The van der Waals surface area contributed by atoms with Crippen LogP contribution >= 0.6 is 15.9 Å². The summed E-state index contributed by atoms with van der Waals surface area (Å²) >= 11 is 3.47. The van der Waals surface area contributed by atoms with Crippen molar-refractivity contribution in [2.24, 2.45) is 0 Å². The molecular formula is C23H19BrFN3O3S. The molecule has 9 heteroatoms. The molecule has 2 N–H and O–H groups in total. The molecule has 0 spiro atoms. The first-order valence-corrected chi connectivity index (χ1v) is 11.9. The molecule has 0 aliphatic rings. The molecule has 0 bridgehead atoms. The van der Waals surface area contributed by atoms with E-state index < -0.39 is 10.0 Å². The predicted molar refractivity (Wildman–Crippen MR) is 125 cm³/mol. The minimum absolute atomic E-state index is 0.158. The van der Waals surface area contributed by atoms with Gasteiger partial charge in [-0.25, -0.2) is 17.5 Å². The van der Waals surface area contributed by atoms with E-state index in [1.165, 1.54) is 31.3 Å². The fraction of sp³-hybridized carbons (Fsp3) is 0.0870. The molecule has 0 aliphatic heterocycles. The highest BCUT2D eigenvalue weighted by atomic mass is 79.9. The van der Waals surface area contributed by atoms with Crippen molar-refractivity contribution in [3.8, 4) is 5.69 Å². The number of aromatic nitrogens is 1. The Morgan fingerprint density at radius 2 is 1.72 bits per heavy atom. The summed E-state index contributed by atoms with van der Waals surface area (Å²) in [5.41, 5.74) is 2.84. The summed E-state index contributed by atoms with van der Waals surface area (Å²) < 4.78 is 41.9. The van der Waals surface area contributed by atoms with Gasteiger partial charge >= 0.3 is 0 Å². The number of nitrogens with one attached hydrogen (secondary N) is 2. The second kappa shape index (κ2) is 8.85. The number of carbonyl (C=O) groups is 1. The Morgan fingerprint density at radius 3 is 2.38 bits per heavy atom. The Kier molecular flexibility index (Phi) is 6.14. The molecule has 0 aliphatic carbocycles. The van der Waals surface area contributed by atoms with E-state index in [1.807, 2.05) is 22.9 Å². The van der Waals surface area contributed by atoms with Crippen molar-refractivity contribution < 1.29 is 17.6 Å². The zero-order valence-corrected chi connectivity index (χ0v) is 19.4. The minimum atomic E-state index is -3.51. The fourth-order valence-corrected chi connectivity index (χ4v) is 4.58. The lowest BCUT2D eigenvalue weighted by Gasteiger charge is -2.10. The summed E-state index contributed by atoms with van der Waals surface area (Å²) in [6, 6.07) is 17.9. The number of amides is 1. The zero-order valence-electron chi connectivity index (χ0n) is 17.0. The van der Waals surface area contributed by atoms with Crippen LogP contribution in [0.4, 0.5) is 4.39 Å². The van der Waals surface area contributed by atoms with E-state index in [4.69, 9.17) is 0 Å². The number of nitrogens with zero attached hydrogens (tertiary/aromatic N) is 1. The molecule has 6 nitrogen and oxygen atoms in total. The van der Waals surface area contributed by atoms with E-state index in [-0.39, 0.29) is 23.2 Å². The Bertz CT molecular complexity index is 1400. The summed E-state index contributed by atoms with van der Waals surface area (Å²) in [5, 5.41) is 3.63. The lowest BCUT2D eigenvalue weighted by Crippen LogP contribution is -2.23. The third-order valence-electron chi connectivity index (χ3n) is 5.08. The van der Waals surface area contributed by atoms with Crippen molar-refractivity contribution in [2.45, 2.75) is 11.4 Å². The number of halogens is 2. The van der Waals surface area contributed by atoms with Crippen LogP contribution in [-0.2, 0) is 16.6 Å². The molecular weight excluding hydrogens is 497 g/mol. The normalized spacial score (nSPS) is 11.6. The van der Waals surface area contributed by atoms with Crippen LogP contribution in [0.25, 0.3) is 16.6 Å². The topological polar surface area (TPSA) is 80.2 Å². The Labute approximate surface area is 193 Å². The van der Waals surface area contributed by atoms with Crippen LogP contribution in [0.5, 0.6) is 0 Å². The van der Waals surface area contributed by atoms with E-state index in [0.717, 1.165) is 26.6 Å². The Hall–Kier alpha value is -3.01. The monoisotopic (exact) mass is 515 g/mol. The molecule has 0 atom stereocenters. The largest absolute Gasteiger partial charge is 0.348 e. The molecule has 164 valence electrons. The Morgan fingerprint density at radius 1 is 1.03 bits per heavy atom. The highest BCUT2D eigenvalue weighted by molar-refractivity contribution is 9.10. The third-order valence-corrected chi connectivity index (χ3v) is 6.97. The van der Waals surface area contributed by atoms with Crippen molar-refractivity contribution in [2.75, 3.05) is 7.05 Å². The van der Waals surface area contributed by atoms with Gasteiger partial charge in [-0.1, -0.05) is 28.1 Å². The molecule has 0 radical (unpaired) electrons. The molecule has 4 aromatic rings. The van der Waals surface area contributed by atoms with Gasteiger partial charge in [0.25, 0.3) is 5.91 Å². The van der Waals surface area contributed by atoms with E-state index in [2.05, 4.69) is 26.0 Å². The average molecular weight is 516 g/mol. The molecule has 32 heavy (non-hydrogen) atoms. The standard InChI is InChI=1S/C23H19BrFN3O3S/c1-26-32(30,31)19-8-2-15(3-9-19)14-27-23(29)21-12-16(24)13-22-20(21)10-11-28(22)18-6-4-17(25)5-7-18/h2-13,26H,14H2,1H3,(H,27,29). The molecule has 0 unspecified atom stereocenters. The molecule has 4 rings (SSSR count). The number of benzene rings is 3. The summed E-state index contributed by atoms with van der Waals surface area (Å²) in [6.45, 7) is 0.241. The number of sulfonamides is 1. The zero-order chi connectivity index (χ0) is 22.9. The van der Waals surface area contributed by atoms with Crippen LogP contribution in [0.1, 0.15) is 15.9 Å². The highest BCUT2D eigenvalue weighted by Gasteiger charge is 2.15. The smallest absolute Gasteiger partial charge is 0.252 e. The van der Waals surface area contributed by atoms with Crippen molar-refractivity contribution in [1.82, 2.24) is 14.6 Å². The van der Waals surface area contributed by atoms with E-state index >= 15 is 0 Å². The maximum atomic E-state index is 13.3. The molecule has 1 aromatic heterocycles. The minimum Gasteiger partial charge on any atom is -0.348 e. The van der Waals surface area contributed by atoms with Crippen LogP contribution in [-0.4, -0.2) is 25.9 Å². The van der Waals surface area contributed by atoms with Gasteiger partial charge in [0.15, 0.2) is 0 Å². The van der Waals surface area contributed by atoms with Crippen LogP contribution in [0.2, 0.25) is 0 Å². The number of hydrogen-bond donors (Lipinski definition) is 2. The maximum absolute atomic E-state index is 13.3. The first kappa shape index (κ1) is 22.2. The summed E-state index contributed by atoms with van der Waals surface area (Å²) in [4.78, 5) is 13.1. The molecule has 0 fully saturated rings. The van der Waals surface area contributed by atoms with Gasteiger partial charge in [-0.15, -0.1) is 0 Å². The molecule has 0 saturated heterocycles. The van der Waals surface area contributed by atoms with E-state index in [9.17, 15) is 17.6 Å². The molecule has 1 heterocycles. The van der Waals surface area contributed by atoms with Gasteiger partial charge in [-0.3, -0.25) is 4.79 Å². The third kappa shape index (κ3) is 4.45. The number of hydrogen-bond acceptors (Lipinski definition) is 3. The van der Waals surface area contributed by atoms with Gasteiger partial charge < -0.3 is 9.88 Å². The van der Waals surface area contributed by atoms with Gasteiger partial charge in [0, 0.05) is 33.9 Å². The first-order valence-electron chi connectivity index (χ1n) is 9.66. The first-order chi connectivity index (χ1) is 15.3. The van der Waals surface area contributed by atoms with E-state index in [0.29, 0.717) is 5.56 Å². The van der Waals surface area contributed by atoms with Gasteiger partial charge in [-0.05, 0) is 67.2 Å². The number of rotatable bonds is 6.